The van der Waals surface area contributed by atoms with E-state index in [1.54, 1.807) is 0 Å². The van der Waals surface area contributed by atoms with Gasteiger partial charge in [0, 0.05) is 15.8 Å². The maximum absolute atomic E-state index is 5.88. The predicted molar refractivity (Wildman–Crippen MR) is 88.6 cm³/mol. The minimum atomic E-state index is 0.214. The van der Waals surface area contributed by atoms with Crippen LogP contribution in [0.25, 0.3) is 0 Å². The van der Waals surface area contributed by atoms with Gasteiger partial charge in [0.05, 0.1) is 0 Å². The van der Waals surface area contributed by atoms with E-state index in [4.69, 9.17) is 5.73 Å². The first-order valence-corrected chi connectivity index (χ1v) is 7.87. The quantitative estimate of drug-likeness (QED) is 0.884. The van der Waals surface area contributed by atoms with E-state index in [0.717, 1.165) is 6.42 Å². The van der Waals surface area contributed by atoms with Gasteiger partial charge in [0.25, 0.3) is 0 Å². The third-order valence-corrected chi connectivity index (χ3v) is 4.58. The Bertz CT molecular complexity index is 602. The molecule has 2 rings (SSSR count). The monoisotopic (exact) mass is 285 g/mol. The number of hydrogen-bond donors (Lipinski definition) is 1. The van der Waals surface area contributed by atoms with Crippen LogP contribution in [0.2, 0.25) is 0 Å². The van der Waals surface area contributed by atoms with E-state index < -0.39 is 0 Å². The molecule has 0 fully saturated rings. The van der Waals surface area contributed by atoms with Crippen molar-refractivity contribution in [1.29, 1.82) is 0 Å². The Labute approximate surface area is 126 Å². The summed E-state index contributed by atoms with van der Waals surface area (Å²) in [7, 11) is 0. The number of hydrogen-bond acceptors (Lipinski definition) is 2. The average molecular weight is 285 g/mol. The first kappa shape index (κ1) is 15.1. The van der Waals surface area contributed by atoms with Crippen molar-refractivity contribution in [2.75, 3.05) is 0 Å². The molecule has 2 aromatic carbocycles. The normalized spacial score (nSPS) is 12.4. The molecule has 0 spiro atoms. The first-order valence-electron chi connectivity index (χ1n) is 7.06. The van der Waals surface area contributed by atoms with Crippen LogP contribution in [-0.4, -0.2) is 6.04 Å². The van der Waals surface area contributed by atoms with Crippen molar-refractivity contribution < 1.29 is 0 Å². The lowest BCUT2D eigenvalue weighted by atomic mass is 10.0. The van der Waals surface area contributed by atoms with E-state index in [0.29, 0.717) is 0 Å². The highest BCUT2D eigenvalue weighted by molar-refractivity contribution is 7.99. The van der Waals surface area contributed by atoms with Crippen LogP contribution in [0.4, 0.5) is 0 Å². The molecule has 20 heavy (non-hydrogen) atoms. The summed E-state index contributed by atoms with van der Waals surface area (Å²) >= 11 is 1.83. The lowest BCUT2D eigenvalue weighted by Crippen LogP contribution is -2.18. The summed E-state index contributed by atoms with van der Waals surface area (Å²) < 4.78 is 0. The molecule has 106 valence electrons. The van der Waals surface area contributed by atoms with E-state index in [9.17, 15) is 0 Å². The molecular formula is C18H23NS. The number of rotatable bonds is 4. The van der Waals surface area contributed by atoms with E-state index in [1.807, 2.05) is 11.8 Å². The topological polar surface area (TPSA) is 26.0 Å². The van der Waals surface area contributed by atoms with Crippen LogP contribution in [0.1, 0.15) is 29.2 Å². The van der Waals surface area contributed by atoms with Crippen LogP contribution in [0.15, 0.2) is 46.2 Å². The minimum absolute atomic E-state index is 0.214. The number of aryl methyl sites for hydroxylation is 3. The molecule has 2 aromatic rings. The highest BCUT2D eigenvalue weighted by Crippen LogP contribution is 2.31. The van der Waals surface area contributed by atoms with Gasteiger partial charge in [-0.15, -0.1) is 0 Å². The smallest absolute Gasteiger partial charge is 0.0151 e. The first-order chi connectivity index (χ1) is 9.45. The van der Waals surface area contributed by atoms with E-state index in [2.05, 4.69) is 64.1 Å². The lowest BCUT2D eigenvalue weighted by molar-refractivity contribution is 0.734. The molecule has 2 N–H and O–H groups in total. The van der Waals surface area contributed by atoms with Gasteiger partial charge in [-0.25, -0.2) is 0 Å². The van der Waals surface area contributed by atoms with Crippen molar-refractivity contribution in [1.82, 2.24) is 0 Å². The largest absolute Gasteiger partial charge is 0.328 e. The van der Waals surface area contributed by atoms with Crippen molar-refractivity contribution in [2.24, 2.45) is 5.73 Å². The van der Waals surface area contributed by atoms with E-state index in [-0.39, 0.29) is 6.04 Å². The molecule has 0 aliphatic carbocycles. The molecule has 0 aliphatic heterocycles. The summed E-state index contributed by atoms with van der Waals surface area (Å²) in [5, 5.41) is 0. The van der Waals surface area contributed by atoms with Gasteiger partial charge in [-0.3, -0.25) is 0 Å². The SMILES string of the molecule is Cc1ccc(Sc2ccc(CC(C)N)c(C)c2)c(C)c1. The van der Waals surface area contributed by atoms with Crippen LogP contribution in [0, 0.1) is 20.8 Å². The zero-order chi connectivity index (χ0) is 14.7. The van der Waals surface area contributed by atoms with Crippen molar-refractivity contribution in [2.45, 2.75) is 49.9 Å². The minimum Gasteiger partial charge on any atom is -0.328 e. The fraction of sp³-hybridized carbons (Fsp3) is 0.333. The van der Waals surface area contributed by atoms with Gasteiger partial charge in [-0.05, 0) is 69.0 Å². The molecule has 0 saturated heterocycles. The van der Waals surface area contributed by atoms with Crippen LogP contribution >= 0.6 is 11.8 Å². The van der Waals surface area contributed by atoms with Gasteiger partial charge in [0.15, 0.2) is 0 Å². The Morgan fingerprint density at radius 3 is 2.35 bits per heavy atom. The zero-order valence-corrected chi connectivity index (χ0v) is 13.6. The fourth-order valence-corrected chi connectivity index (χ4v) is 3.33. The summed E-state index contributed by atoms with van der Waals surface area (Å²) in [6.07, 6.45) is 0.945. The second kappa shape index (κ2) is 6.47. The van der Waals surface area contributed by atoms with Crippen LogP contribution in [0.5, 0.6) is 0 Å². The molecule has 0 saturated carbocycles. The molecular weight excluding hydrogens is 262 g/mol. The van der Waals surface area contributed by atoms with Crippen molar-refractivity contribution in [3.05, 3.63) is 58.7 Å². The standard InChI is InChI=1S/C18H23NS/c1-12-5-8-18(14(3)9-12)20-17-7-6-16(11-15(4)19)13(2)10-17/h5-10,15H,11,19H2,1-4H3. The second-order valence-corrected chi connectivity index (χ2v) is 6.76. The lowest BCUT2D eigenvalue weighted by Gasteiger charge is -2.11. The van der Waals surface area contributed by atoms with E-state index >= 15 is 0 Å². The van der Waals surface area contributed by atoms with Gasteiger partial charge < -0.3 is 5.73 Å². The molecule has 0 aliphatic rings. The van der Waals surface area contributed by atoms with Crippen LogP contribution in [0.3, 0.4) is 0 Å². The molecule has 1 nitrogen and oxygen atoms in total. The van der Waals surface area contributed by atoms with Crippen molar-refractivity contribution in [3.63, 3.8) is 0 Å². The van der Waals surface area contributed by atoms with Crippen LogP contribution in [-0.2, 0) is 6.42 Å². The Morgan fingerprint density at radius 1 is 1.00 bits per heavy atom. The van der Waals surface area contributed by atoms with Crippen molar-refractivity contribution >= 4 is 11.8 Å². The molecule has 1 atom stereocenters. The van der Waals surface area contributed by atoms with Crippen LogP contribution < -0.4 is 5.73 Å². The van der Waals surface area contributed by atoms with Gasteiger partial charge >= 0.3 is 0 Å². The average Bonchev–Trinajstić information content (AvgIpc) is 2.36. The summed E-state index contributed by atoms with van der Waals surface area (Å²) in [5.74, 6) is 0. The summed E-state index contributed by atoms with van der Waals surface area (Å²) in [4.78, 5) is 2.62. The second-order valence-electron chi connectivity index (χ2n) is 5.64. The van der Waals surface area contributed by atoms with Gasteiger partial charge in [-0.2, -0.15) is 0 Å². The molecule has 0 heterocycles. The third kappa shape index (κ3) is 3.87. The summed E-state index contributed by atoms with van der Waals surface area (Å²) in [5.41, 5.74) is 11.2. The van der Waals surface area contributed by atoms with Gasteiger partial charge in [0.2, 0.25) is 0 Å². The predicted octanol–water partition coefficient (Wildman–Crippen LogP) is 4.65. The molecule has 1 unspecified atom stereocenters. The fourth-order valence-electron chi connectivity index (χ4n) is 2.35. The molecule has 2 heteroatoms. The highest BCUT2D eigenvalue weighted by Gasteiger charge is 2.06. The highest BCUT2D eigenvalue weighted by atomic mass is 32.2. The summed E-state index contributed by atoms with van der Waals surface area (Å²) in [6, 6.07) is 13.5. The molecule has 0 aromatic heterocycles. The molecule has 0 amide bonds. The Hall–Kier alpha value is -1.25. The maximum Gasteiger partial charge on any atom is 0.0151 e. The van der Waals surface area contributed by atoms with Crippen molar-refractivity contribution in [3.8, 4) is 0 Å². The van der Waals surface area contributed by atoms with E-state index in [1.165, 1.54) is 32.0 Å². The Morgan fingerprint density at radius 2 is 1.75 bits per heavy atom. The number of benzene rings is 2. The summed E-state index contributed by atoms with van der Waals surface area (Å²) in [6.45, 7) is 8.53. The molecule has 0 radical (unpaired) electrons. The molecule has 0 bridgehead atoms. The number of nitrogens with two attached hydrogens (primary N) is 1. The zero-order valence-electron chi connectivity index (χ0n) is 12.7. The third-order valence-electron chi connectivity index (χ3n) is 3.41. The Balaban J connectivity index is 2.20. The maximum atomic E-state index is 5.88. The Kier molecular flexibility index (Phi) is 4.90. The van der Waals surface area contributed by atoms with Gasteiger partial charge in [0.1, 0.15) is 0 Å². The van der Waals surface area contributed by atoms with Gasteiger partial charge in [-0.1, -0.05) is 35.5 Å².